The molecule has 3 nitrogen and oxygen atoms in total. The zero-order chi connectivity index (χ0) is 14.5. The van der Waals surface area contributed by atoms with E-state index in [1.54, 1.807) is 7.11 Å². The molecule has 0 amide bonds. The minimum atomic E-state index is -0.0910. The van der Waals surface area contributed by atoms with Crippen molar-refractivity contribution in [1.29, 1.82) is 0 Å². The highest BCUT2D eigenvalue weighted by Gasteiger charge is 2.24. The Hall–Kier alpha value is -1.22. The van der Waals surface area contributed by atoms with Crippen LogP contribution in [0.2, 0.25) is 0 Å². The van der Waals surface area contributed by atoms with Crippen molar-refractivity contribution in [2.24, 2.45) is 11.7 Å². The first-order chi connectivity index (χ1) is 9.65. The van der Waals surface area contributed by atoms with Gasteiger partial charge in [0.1, 0.15) is 11.5 Å². The van der Waals surface area contributed by atoms with E-state index in [1.807, 2.05) is 25.1 Å². The molecule has 0 heterocycles. The van der Waals surface area contributed by atoms with Crippen LogP contribution in [0.3, 0.4) is 0 Å². The van der Waals surface area contributed by atoms with Crippen LogP contribution in [0.1, 0.15) is 57.6 Å². The number of ether oxygens (including phenoxy) is 2. The average molecular weight is 277 g/mol. The van der Waals surface area contributed by atoms with Crippen LogP contribution in [0.15, 0.2) is 18.2 Å². The molecule has 0 saturated heterocycles. The van der Waals surface area contributed by atoms with Crippen LogP contribution in [-0.4, -0.2) is 13.2 Å². The zero-order valence-corrected chi connectivity index (χ0v) is 12.9. The minimum Gasteiger partial charge on any atom is -0.496 e. The van der Waals surface area contributed by atoms with Gasteiger partial charge in [0.2, 0.25) is 0 Å². The fourth-order valence-electron chi connectivity index (χ4n) is 3.15. The van der Waals surface area contributed by atoms with Gasteiger partial charge < -0.3 is 15.2 Å². The number of hydrogen-bond donors (Lipinski definition) is 1. The van der Waals surface area contributed by atoms with Crippen LogP contribution in [0, 0.1) is 5.92 Å². The summed E-state index contributed by atoms with van der Waals surface area (Å²) < 4.78 is 11.7. The molecule has 0 radical (unpaired) electrons. The Kier molecular flexibility index (Phi) is 5.30. The van der Waals surface area contributed by atoms with Gasteiger partial charge in [0.25, 0.3) is 0 Å². The Morgan fingerprint density at radius 3 is 2.70 bits per heavy atom. The molecule has 1 aromatic carbocycles. The lowest BCUT2D eigenvalue weighted by Crippen LogP contribution is -2.26. The first kappa shape index (κ1) is 15.2. The summed E-state index contributed by atoms with van der Waals surface area (Å²) in [4.78, 5) is 0. The maximum Gasteiger partial charge on any atom is 0.128 e. The van der Waals surface area contributed by atoms with Crippen molar-refractivity contribution in [3.05, 3.63) is 23.8 Å². The lowest BCUT2D eigenvalue weighted by Gasteiger charge is -2.30. The molecule has 1 aliphatic rings. The van der Waals surface area contributed by atoms with Gasteiger partial charge in [-0.05, 0) is 44.2 Å². The van der Waals surface area contributed by atoms with E-state index in [-0.39, 0.29) is 6.04 Å². The van der Waals surface area contributed by atoms with Crippen LogP contribution in [0.4, 0.5) is 0 Å². The number of rotatable bonds is 5. The molecule has 0 spiro atoms. The number of nitrogens with two attached hydrogens (primary N) is 1. The summed E-state index contributed by atoms with van der Waals surface area (Å²) >= 11 is 0. The monoisotopic (exact) mass is 277 g/mol. The van der Waals surface area contributed by atoms with Crippen molar-refractivity contribution in [3.63, 3.8) is 0 Å². The van der Waals surface area contributed by atoms with Gasteiger partial charge in [-0.25, -0.2) is 0 Å². The standard InChI is InChI=1S/C17H27NO2/c1-4-13-7-5-8-14(11-13)20-16-10-6-9-15(19-3)17(16)12(2)18/h6,9-10,12-14H,4-5,7-8,11,18H2,1-3H3/t12-,13?,14?/m0/s1. The lowest BCUT2D eigenvalue weighted by atomic mass is 9.85. The Bertz CT molecular complexity index is 431. The molecule has 20 heavy (non-hydrogen) atoms. The molecule has 0 bridgehead atoms. The molecule has 3 atom stereocenters. The molecule has 1 aromatic rings. The third kappa shape index (κ3) is 3.45. The van der Waals surface area contributed by atoms with Crippen molar-refractivity contribution >= 4 is 0 Å². The Morgan fingerprint density at radius 1 is 1.30 bits per heavy atom. The van der Waals surface area contributed by atoms with E-state index in [2.05, 4.69) is 6.92 Å². The summed E-state index contributed by atoms with van der Waals surface area (Å²) in [6, 6.07) is 5.84. The summed E-state index contributed by atoms with van der Waals surface area (Å²) in [5.41, 5.74) is 7.07. The number of hydrogen-bond acceptors (Lipinski definition) is 3. The normalized spacial score (nSPS) is 24.2. The smallest absolute Gasteiger partial charge is 0.128 e. The van der Waals surface area contributed by atoms with Crippen molar-refractivity contribution in [1.82, 2.24) is 0 Å². The van der Waals surface area contributed by atoms with Crippen LogP contribution < -0.4 is 15.2 Å². The van der Waals surface area contributed by atoms with Crippen molar-refractivity contribution in [2.45, 2.75) is 58.1 Å². The Balaban J connectivity index is 2.16. The van der Waals surface area contributed by atoms with Gasteiger partial charge in [-0.1, -0.05) is 25.8 Å². The summed E-state index contributed by atoms with van der Waals surface area (Å²) in [6.07, 6.45) is 6.48. The summed E-state index contributed by atoms with van der Waals surface area (Å²) in [5, 5.41) is 0. The van der Waals surface area contributed by atoms with Crippen molar-refractivity contribution in [3.8, 4) is 11.5 Å². The Morgan fingerprint density at radius 2 is 2.05 bits per heavy atom. The van der Waals surface area contributed by atoms with Gasteiger partial charge >= 0.3 is 0 Å². The van der Waals surface area contributed by atoms with Gasteiger partial charge in [-0.3, -0.25) is 0 Å². The average Bonchev–Trinajstić information content (AvgIpc) is 2.46. The maximum absolute atomic E-state index is 6.26. The lowest BCUT2D eigenvalue weighted by molar-refractivity contribution is 0.120. The van der Waals surface area contributed by atoms with Crippen LogP contribution in [-0.2, 0) is 0 Å². The molecular weight excluding hydrogens is 250 g/mol. The second-order valence-electron chi connectivity index (χ2n) is 5.84. The first-order valence-electron chi connectivity index (χ1n) is 7.74. The molecule has 2 rings (SSSR count). The SMILES string of the molecule is CCC1CCCC(Oc2cccc(OC)c2[C@H](C)N)C1. The molecule has 0 aliphatic heterocycles. The molecule has 1 fully saturated rings. The third-order valence-corrected chi connectivity index (χ3v) is 4.31. The van der Waals surface area contributed by atoms with Crippen molar-refractivity contribution < 1.29 is 9.47 Å². The van der Waals surface area contributed by atoms with E-state index in [1.165, 1.54) is 19.3 Å². The maximum atomic E-state index is 6.26. The predicted octanol–water partition coefficient (Wildman–Crippen LogP) is 4.06. The highest BCUT2D eigenvalue weighted by Crippen LogP contribution is 2.36. The van der Waals surface area contributed by atoms with Gasteiger partial charge in [0, 0.05) is 6.04 Å². The topological polar surface area (TPSA) is 44.5 Å². The van der Waals surface area contributed by atoms with E-state index in [4.69, 9.17) is 15.2 Å². The minimum absolute atomic E-state index is 0.0910. The number of benzene rings is 1. The molecular formula is C17H27NO2. The molecule has 112 valence electrons. The van der Waals surface area contributed by atoms with E-state index in [0.717, 1.165) is 35.8 Å². The highest BCUT2D eigenvalue weighted by molar-refractivity contribution is 5.46. The molecule has 2 unspecified atom stereocenters. The second kappa shape index (κ2) is 6.98. The van der Waals surface area contributed by atoms with E-state index < -0.39 is 0 Å². The molecule has 1 aliphatic carbocycles. The van der Waals surface area contributed by atoms with E-state index in [9.17, 15) is 0 Å². The molecule has 2 N–H and O–H groups in total. The molecule has 3 heteroatoms. The van der Waals surface area contributed by atoms with Gasteiger partial charge in [-0.15, -0.1) is 0 Å². The van der Waals surface area contributed by atoms with Gasteiger partial charge in [0.05, 0.1) is 18.8 Å². The van der Waals surface area contributed by atoms with E-state index >= 15 is 0 Å². The molecule has 0 aromatic heterocycles. The third-order valence-electron chi connectivity index (χ3n) is 4.31. The second-order valence-corrected chi connectivity index (χ2v) is 5.84. The fraction of sp³-hybridized carbons (Fsp3) is 0.647. The summed E-state index contributed by atoms with van der Waals surface area (Å²) in [7, 11) is 1.68. The Labute approximate surface area is 122 Å². The highest BCUT2D eigenvalue weighted by atomic mass is 16.5. The zero-order valence-electron chi connectivity index (χ0n) is 12.9. The largest absolute Gasteiger partial charge is 0.496 e. The predicted molar refractivity (Wildman–Crippen MR) is 82.3 cm³/mol. The fourth-order valence-corrected chi connectivity index (χ4v) is 3.15. The van der Waals surface area contributed by atoms with Gasteiger partial charge in [0.15, 0.2) is 0 Å². The quantitative estimate of drug-likeness (QED) is 0.882. The summed E-state index contributed by atoms with van der Waals surface area (Å²) in [6.45, 7) is 4.24. The number of methoxy groups -OCH3 is 1. The first-order valence-corrected chi connectivity index (χ1v) is 7.74. The van der Waals surface area contributed by atoms with Crippen molar-refractivity contribution in [2.75, 3.05) is 7.11 Å². The van der Waals surface area contributed by atoms with Gasteiger partial charge in [-0.2, -0.15) is 0 Å². The van der Waals surface area contributed by atoms with Crippen LogP contribution in [0.5, 0.6) is 11.5 Å². The van der Waals surface area contributed by atoms with Crippen LogP contribution >= 0.6 is 0 Å². The van der Waals surface area contributed by atoms with E-state index in [0.29, 0.717) is 6.10 Å². The van der Waals surface area contributed by atoms with Crippen LogP contribution in [0.25, 0.3) is 0 Å². The summed E-state index contributed by atoms with van der Waals surface area (Å²) in [5.74, 6) is 2.51. The molecule has 1 saturated carbocycles.